The van der Waals surface area contributed by atoms with E-state index in [-0.39, 0.29) is 17.4 Å². The minimum absolute atomic E-state index is 0.0873. The third-order valence-corrected chi connectivity index (χ3v) is 11.5. The monoisotopic (exact) mass is 787 g/mol. The van der Waals surface area contributed by atoms with Gasteiger partial charge in [-0.05, 0) is 25.0 Å². The number of phosphoric acid groups is 1. The van der Waals surface area contributed by atoms with Crippen LogP contribution >= 0.6 is 19.4 Å². The third kappa shape index (κ3) is 34.4. The average Bonchev–Trinajstić information content (AvgIpc) is 3.15. The summed E-state index contributed by atoms with van der Waals surface area (Å²) < 4.78 is 35.3. The summed E-state index contributed by atoms with van der Waals surface area (Å²) in [6.07, 6.45) is 42.2. The number of ether oxygens (including phenoxy) is 2. The summed E-state index contributed by atoms with van der Waals surface area (Å²) in [6, 6.07) is 6.57. The molecule has 1 aromatic carbocycles. The molecule has 0 saturated heterocycles. The van der Waals surface area contributed by atoms with E-state index in [4.69, 9.17) is 30.1 Å². The Bertz CT molecular complexity index is 949. The fourth-order valence-corrected chi connectivity index (χ4v) is 7.90. The summed E-state index contributed by atoms with van der Waals surface area (Å²) >= 11 is 6.11. The van der Waals surface area contributed by atoms with Crippen molar-refractivity contribution in [1.29, 1.82) is 0 Å². The van der Waals surface area contributed by atoms with Crippen LogP contribution in [0.5, 0.6) is 5.75 Å². The molecule has 0 amide bonds. The molecule has 0 aromatic heterocycles. The topological polar surface area (TPSA) is 74.2 Å². The zero-order chi connectivity index (χ0) is 38.3. The molecule has 8 heteroatoms. The smallest absolute Gasteiger partial charge is 0.403 e. The van der Waals surface area contributed by atoms with Crippen LogP contribution < -0.4 is 4.52 Å². The molecule has 6 nitrogen and oxygen atoms in total. The predicted molar refractivity (Wildman–Crippen MR) is 228 cm³/mol. The van der Waals surface area contributed by atoms with Gasteiger partial charge < -0.3 is 14.0 Å². The number of hydrogen-bond acceptors (Lipinski definition) is 5. The van der Waals surface area contributed by atoms with Crippen molar-refractivity contribution in [1.82, 2.24) is 0 Å². The minimum atomic E-state index is -4.37. The molecule has 2 atom stereocenters. The first-order valence-corrected chi connectivity index (χ1v) is 24.5. The van der Waals surface area contributed by atoms with Crippen molar-refractivity contribution in [3.63, 3.8) is 0 Å². The van der Waals surface area contributed by atoms with Crippen molar-refractivity contribution in [2.45, 2.75) is 225 Å². The molecule has 1 aromatic rings. The van der Waals surface area contributed by atoms with Crippen LogP contribution in [0.1, 0.15) is 219 Å². The van der Waals surface area contributed by atoms with E-state index in [1.807, 2.05) is 0 Å². The van der Waals surface area contributed by atoms with Crippen molar-refractivity contribution in [3.8, 4) is 5.75 Å². The second-order valence-corrected chi connectivity index (χ2v) is 17.2. The number of phosphoric ester groups is 1. The molecular formula is C45H84ClO6P. The van der Waals surface area contributed by atoms with E-state index >= 15 is 0 Å². The van der Waals surface area contributed by atoms with Gasteiger partial charge in [-0.3, -0.25) is 9.42 Å². The third-order valence-electron chi connectivity index (χ3n) is 10.3. The molecule has 0 aliphatic carbocycles. The lowest BCUT2D eigenvalue weighted by molar-refractivity contribution is -0.0426. The van der Waals surface area contributed by atoms with Crippen molar-refractivity contribution < 1.29 is 28.0 Å². The molecule has 53 heavy (non-hydrogen) atoms. The maximum absolute atomic E-state index is 12.7. The first kappa shape index (κ1) is 50.4. The van der Waals surface area contributed by atoms with Crippen LogP contribution in [-0.2, 0) is 18.6 Å². The Morgan fingerprint density at radius 2 is 0.887 bits per heavy atom. The van der Waals surface area contributed by atoms with Gasteiger partial charge in [0.05, 0.1) is 18.2 Å². The molecule has 0 saturated carbocycles. The molecule has 1 N–H and O–H groups in total. The molecule has 312 valence electrons. The fourth-order valence-electron chi connectivity index (χ4n) is 6.86. The first-order valence-electron chi connectivity index (χ1n) is 22.6. The van der Waals surface area contributed by atoms with Gasteiger partial charge in [0.1, 0.15) is 11.9 Å². The average molecular weight is 788 g/mol. The van der Waals surface area contributed by atoms with Crippen LogP contribution in [0.25, 0.3) is 0 Å². The van der Waals surface area contributed by atoms with Gasteiger partial charge in [0, 0.05) is 13.2 Å². The van der Waals surface area contributed by atoms with Gasteiger partial charge in [-0.2, -0.15) is 0 Å². The Labute approximate surface area is 333 Å². The maximum atomic E-state index is 12.7. The van der Waals surface area contributed by atoms with E-state index in [0.717, 1.165) is 25.7 Å². The highest BCUT2D eigenvalue weighted by Crippen LogP contribution is 2.45. The number of para-hydroxylation sites is 1. The molecule has 0 spiro atoms. The van der Waals surface area contributed by atoms with E-state index in [2.05, 4.69) is 13.8 Å². The van der Waals surface area contributed by atoms with E-state index < -0.39 is 13.9 Å². The van der Waals surface area contributed by atoms with Gasteiger partial charge in [0.2, 0.25) is 0 Å². The summed E-state index contributed by atoms with van der Waals surface area (Å²) in [6.45, 7) is 6.04. The highest BCUT2D eigenvalue weighted by Gasteiger charge is 2.26. The number of unbranched alkanes of at least 4 members (excludes halogenated alkanes) is 30. The molecule has 0 heterocycles. The highest BCUT2D eigenvalue weighted by molar-refractivity contribution is 7.47. The molecule has 0 aliphatic rings. The van der Waals surface area contributed by atoms with Crippen LogP contribution in [-0.4, -0.2) is 37.4 Å². The summed E-state index contributed by atoms with van der Waals surface area (Å²) in [5.41, 5.74) is 0. The zero-order valence-electron chi connectivity index (χ0n) is 34.7. The number of benzene rings is 1. The van der Waals surface area contributed by atoms with Crippen LogP contribution in [0, 0.1) is 0 Å². The Hall–Kier alpha value is -0.620. The Morgan fingerprint density at radius 1 is 0.528 bits per heavy atom. The second-order valence-electron chi connectivity index (χ2n) is 15.5. The lowest BCUT2D eigenvalue weighted by Gasteiger charge is -2.20. The molecule has 0 aliphatic heterocycles. The van der Waals surface area contributed by atoms with Gasteiger partial charge >= 0.3 is 7.82 Å². The molecule has 1 unspecified atom stereocenters. The van der Waals surface area contributed by atoms with Crippen LogP contribution in [0.15, 0.2) is 24.3 Å². The van der Waals surface area contributed by atoms with E-state index in [1.165, 1.54) is 180 Å². The van der Waals surface area contributed by atoms with Crippen molar-refractivity contribution >= 4 is 19.4 Å². The highest BCUT2D eigenvalue weighted by atomic mass is 35.5. The van der Waals surface area contributed by atoms with Gasteiger partial charge in [0.25, 0.3) is 0 Å². The van der Waals surface area contributed by atoms with Gasteiger partial charge in [-0.1, -0.05) is 230 Å². The Balaban J connectivity index is 2.17. The van der Waals surface area contributed by atoms with Gasteiger partial charge in [-0.15, -0.1) is 0 Å². The largest absolute Gasteiger partial charge is 0.527 e. The fraction of sp³-hybridized carbons (Fsp3) is 0.867. The normalized spacial score (nSPS) is 13.4. The molecule has 1 rings (SSSR count). The van der Waals surface area contributed by atoms with Crippen molar-refractivity contribution in [2.24, 2.45) is 0 Å². The van der Waals surface area contributed by atoms with E-state index in [9.17, 15) is 9.46 Å². The minimum Gasteiger partial charge on any atom is -0.403 e. The lowest BCUT2D eigenvalue weighted by atomic mass is 10.0. The van der Waals surface area contributed by atoms with Crippen LogP contribution in [0.3, 0.4) is 0 Å². The van der Waals surface area contributed by atoms with Crippen molar-refractivity contribution in [2.75, 3.05) is 26.4 Å². The van der Waals surface area contributed by atoms with Crippen LogP contribution in [0.4, 0.5) is 0 Å². The summed E-state index contributed by atoms with van der Waals surface area (Å²) in [7, 11) is -4.37. The standard InChI is InChI=1S/C45H84ClO6P/c1-3-5-7-9-11-13-15-17-19-21-23-25-27-29-31-35-39-49-41-43(42-51-53(47,48)52-45-38-34-33-37-44(45)46)50-40-36-32-30-28-26-24-22-20-18-16-14-12-10-8-6-4-2/h33-34,37-38,43H,3-32,35-36,39-42H2,1-2H3,(H,47,48)/t43-/m1/s1. The van der Waals surface area contributed by atoms with Crippen molar-refractivity contribution in [3.05, 3.63) is 29.3 Å². The molecule has 0 fully saturated rings. The molecule has 0 radical (unpaired) electrons. The number of hydrogen-bond donors (Lipinski definition) is 1. The lowest BCUT2D eigenvalue weighted by Crippen LogP contribution is -2.26. The Morgan fingerprint density at radius 3 is 1.28 bits per heavy atom. The number of halogens is 1. The first-order chi connectivity index (χ1) is 26.0. The summed E-state index contributed by atoms with van der Waals surface area (Å²) in [5.74, 6) is 0.116. The quantitative estimate of drug-likeness (QED) is 0.0525. The number of rotatable bonds is 42. The summed E-state index contributed by atoms with van der Waals surface area (Å²) in [4.78, 5) is 10.3. The van der Waals surface area contributed by atoms with Crippen LogP contribution in [0.2, 0.25) is 5.02 Å². The Kier molecular flexibility index (Phi) is 36.4. The molecular weight excluding hydrogens is 703 g/mol. The second kappa shape index (κ2) is 38.3. The van der Waals surface area contributed by atoms with Gasteiger partial charge in [-0.25, -0.2) is 4.57 Å². The predicted octanol–water partition coefficient (Wildman–Crippen LogP) is 15.8. The zero-order valence-corrected chi connectivity index (χ0v) is 36.3. The van der Waals surface area contributed by atoms with E-state index in [1.54, 1.807) is 24.3 Å². The summed E-state index contributed by atoms with van der Waals surface area (Å²) in [5, 5.41) is 0.254. The SMILES string of the molecule is CCCCCCCCCCCCCCCCCCOC[C@H](COP(=O)(O)Oc1ccccc1Cl)OCCCCCCCCCCCCCCCCCC. The molecule has 0 bridgehead atoms. The maximum Gasteiger partial charge on any atom is 0.527 e. The van der Waals surface area contributed by atoms with Gasteiger partial charge in [0.15, 0.2) is 0 Å². The van der Waals surface area contributed by atoms with E-state index in [0.29, 0.717) is 19.8 Å².